The molecule has 0 aliphatic carbocycles. The number of halogens is 2. The van der Waals surface area contributed by atoms with Gasteiger partial charge in [0.1, 0.15) is 5.82 Å². The van der Waals surface area contributed by atoms with Gasteiger partial charge in [-0.1, -0.05) is 11.6 Å². The summed E-state index contributed by atoms with van der Waals surface area (Å²) in [6.07, 6.45) is 3.10. The van der Waals surface area contributed by atoms with Crippen LogP contribution in [0.4, 0.5) is 4.39 Å². The summed E-state index contributed by atoms with van der Waals surface area (Å²) in [5, 5.41) is 4.00. The summed E-state index contributed by atoms with van der Waals surface area (Å²) in [7, 11) is 0. The molecule has 2 rings (SSSR count). The molecule has 0 bridgehead atoms. The van der Waals surface area contributed by atoms with Crippen LogP contribution in [0.3, 0.4) is 0 Å². The minimum Gasteiger partial charge on any atom is -0.288 e. The normalized spacial score (nSPS) is 10.5. The second kappa shape index (κ2) is 4.67. The van der Waals surface area contributed by atoms with Crippen LogP contribution in [0.15, 0.2) is 30.6 Å². The highest BCUT2D eigenvalue weighted by Crippen LogP contribution is 2.17. The van der Waals surface area contributed by atoms with Crippen molar-refractivity contribution < 1.29 is 9.18 Å². The van der Waals surface area contributed by atoms with Crippen LogP contribution in [0.5, 0.6) is 0 Å². The largest absolute Gasteiger partial charge is 0.288 e. The molecule has 1 aromatic heterocycles. The van der Waals surface area contributed by atoms with Gasteiger partial charge < -0.3 is 0 Å². The predicted octanol–water partition coefficient (Wildman–Crippen LogP) is 2.93. The second-order valence-electron chi connectivity index (χ2n) is 3.54. The Morgan fingerprint density at radius 1 is 1.47 bits per heavy atom. The number of benzene rings is 1. The lowest BCUT2D eigenvalue weighted by molar-refractivity contribution is 0.103. The third-order valence-corrected chi connectivity index (χ3v) is 2.71. The molecule has 0 aliphatic rings. The Morgan fingerprint density at radius 2 is 2.24 bits per heavy atom. The fourth-order valence-corrected chi connectivity index (χ4v) is 1.58. The number of nitrogens with zero attached hydrogens (tertiary/aromatic N) is 2. The number of ketones is 1. The molecular weight excluding hydrogens is 243 g/mol. The lowest BCUT2D eigenvalue weighted by Gasteiger charge is -1.99. The number of rotatable bonds is 3. The van der Waals surface area contributed by atoms with Crippen molar-refractivity contribution in [2.24, 2.45) is 0 Å². The summed E-state index contributed by atoms with van der Waals surface area (Å²) in [4.78, 5) is 12.0. The second-order valence-corrected chi connectivity index (χ2v) is 3.95. The van der Waals surface area contributed by atoms with E-state index in [2.05, 4.69) is 5.10 Å². The van der Waals surface area contributed by atoms with Gasteiger partial charge in [-0.15, -0.1) is 0 Å². The first-order valence-corrected chi connectivity index (χ1v) is 5.52. The van der Waals surface area contributed by atoms with E-state index in [0.29, 0.717) is 12.1 Å². The van der Waals surface area contributed by atoms with Gasteiger partial charge in [0, 0.05) is 18.3 Å². The van der Waals surface area contributed by atoms with Crippen LogP contribution in [0.25, 0.3) is 0 Å². The van der Waals surface area contributed by atoms with Gasteiger partial charge in [-0.3, -0.25) is 9.48 Å². The van der Waals surface area contributed by atoms with Gasteiger partial charge in [-0.25, -0.2) is 4.39 Å². The van der Waals surface area contributed by atoms with Crippen LogP contribution >= 0.6 is 11.6 Å². The van der Waals surface area contributed by atoms with Crippen molar-refractivity contribution in [2.75, 3.05) is 0 Å². The van der Waals surface area contributed by atoms with Crippen molar-refractivity contribution in [3.63, 3.8) is 0 Å². The highest BCUT2D eigenvalue weighted by Gasteiger charge is 2.13. The number of aromatic nitrogens is 2. The fourth-order valence-electron chi connectivity index (χ4n) is 1.46. The van der Waals surface area contributed by atoms with Crippen molar-refractivity contribution >= 4 is 17.4 Å². The van der Waals surface area contributed by atoms with E-state index in [0.717, 1.165) is 6.07 Å². The van der Waals surface area contributed by atoms with Gasteiger partial charge in [0.2, 0.25) is 0 Å². The topological polar surface area (TPSA) is 34.9 Å². The number of aryl methyl sites for hydroxylation is 1. The average Bonchev–Trinajstić information content (AvgIpc) is 2.80. The summed E-state index contributed by atoms with van der Waals surface area (Å²) in [6.45, 7) is 2.60. The Labute approximate surface area is 103 Å². The first-order chi connectivity index (χ1) is 8.11. The molecule has 17 heavy (non-hydrogen) atoms. The number of hydrogen-bond acceptors (Lipinski definition) is 2. The van der Waals surface area contributed by atoms with Gasteiger partial charge in [-0.05, 0) is 25.1 Å². The molecule has 2 aromatic rings. The molecule has 3 nitrogen and oxygen atoms in total. The maximum atomic E-state index is 13.2. The van der Waals surface area contributed by atoms with Crippen LogP contribution in [-0.4, -0.2) is 15.6 Å². The monoisotopic (exact) mass is 252 g/mol. The van der Waals surface area contributed by atoms with Crippen LogP contribution in [0, 0.1) is 5.82 Å². The van der Waals surface area contributed by atoms with E-state index in [-0.39, 0.29) is 16.4 Å². The van der Waals surface area contributed by atoms with Gasteiger partial charge in [0.25, 0.3) is 0 Å². The quantitative estimate of drug-likeness (QED) is 0.788. The lowest BCUT2D eigenvalue weighted by atomic mass is 10.1. The average molecular weight is 253 g/mol. The Morgan fingerprint density at radius 3 is 2.82 bits per heavy atom. The molecule has 1 aromatic carbocycles. The van der Waals surface area contributed by atoms with E-state index in [9.17, 15) is 9.18 Å². The molecule has 0 aliphatic heterocycles. The summed E-state index contributed by atoms with van der Waals surface area (Å²) < 4.78 is 14.9. The molecule has 88 valence electrons. The minimum absolute atomic E-state index is 0.00537. The molecule has 0 spiro atoms. The van der Waals surface area contributed by atoms with Crippen LogP contribution in [0.1, 0.15) is 22.8 Å². The van der Waals surface area contributed by atoms with Crippen molar-refractivity contribution in [1.29, 1.82) is 0 Å². The van der Waals surface area contributed by atoms with Crippen molar-refractivity contribution in [3.05, 3.63) is 52.6 Å². The third kappa shape index (κ3) is 2.36. The Hall–Kier alpha value is -1.68. The van der Waals surface area contributed by atoms with Crippen molar-refractivity contribution in [3.8, 4) is 0 Å². The number of hydrogen-bond donors (Lipinski definition) is 0. The zero-order chi connectivity index (χ0) is 12.4. The Bertz CT molecular complexity index is 565. The maximum absolute atomic E-state index is 13.2. The summed E-state index contributed by atoms with van der Waals surface area (Å²) >= 11 is 5.56. The van der Waals surface area contributed by atoms with Crippen LogP contribution in [0.2, 0.25) is 5.02 Å². The lowest BCUT2D eigenvalue weighted by Crippen LogP contribution is -2.01. The van der Waals surface area contributed by atoms with E-state index in [4.69, 9.17) is 11.6 Å². The third-order valence-electron chi connectivity index (χ3n) is 2.40. The maximum Gasteiger partial charge on any atom is 0.196 e. The van der Waals surface area contributed by atoms with E-state index >= 15 is 0 Å². The molecule has 0 atom stereocenters. The van der Waals surface area contributed by atoms with Gasteiger partial charge in [0.05, 0.1) is 16.8 Å². The number of carbonyl (C=O) groups excluding carboxylic acids is 1. The SMILES string of the molecule is CCn1cc(C(=O)c2ccc(Cl)c(F)c2)cn1. The predicted molar refractivity (Wildman–Crippen MR) is 62.7 cm³/mol. The molecule has 0 N–H and O–H groups in total. The minimum atomic E-state index is -0.597. The van der Waals surface area contributed by atoms with Crippen LogP contribution < -0.4 is 0 Å². The first kappa shape index (κ1) is 11.8. The first-order valence-electron chi connectivity index (χ1n) is 5.14. The zero-order valence-electron chi connectivity index (χ0n) is 9.15. The van der Waals surface area contributed by atoms with E-state index in [1.807, 2.05) is 6.92 Å². The Balaban J connectivity index is 2.33. The molecule has 0 saturated carbocycles. The highest BCUT2D eigenvalue weighted by molar-refractivity contribution is 6.30. The van der Waals surface area contributed by atoms with Gasteiger partial charge in [0.15, 0.2) is 5.78 Å². The fraction of sp³-hybridized carbons (Fsp3) is 0.167. The molecule has 0 radical (unpaired) electrons. The van der Waals surface area contributed by atoms with Gasteiger partial charge >= 0.3 is 0 Å². The standard InChI is InChI=1S/C12H10ClFN2O/c1-2-16-7-9(6-15-16)12(17)8-3-4-10(13)11(14)5-8/h3-7H,2H2,1H3. The molecule has 5 heteroatoms. The van der Waals surface area contributed by atoms with Crippen molar-refractivity contribution in [1.82, 2.24) is 9.78 Å². The van der Waals surface area contributed by atoms with E-state index in [1.165, 1.54) is 18.3 Å². The summed E-state index contributed by atoms with van der Waals surface area (Å²) in [5.74, 6) is -0.860. The van der Waals surface area contributed by atoms with E-state index in [1.54, 1.807) is 10.9 Å². The number of carbonyl (C=O) groups is 1. The van der Waals surface area contributed by atoms with Crippen molar-refractivity contribution in [2.45, 2.75) is 13.5 Å². The Kier molecular flexibility index (Phi) is 3.24. The van der Waals surface area contributed by atoms with Crippen LogP contribution in [-0.2, 0) is 6.54 Å². The molecule has 0 unspecified atom stereocenters. The van der Waals surface area contributed by atoms with E-state index < -0.39 is 5.82 Å². The molecule has 0 amide bonds. The molecule has 1 heterocycles. The summed E-state index contributed by atoms with van der Waals surface area (Å²) in [6, 6.07) is 4.00. The molecule has 0 fully saturated rings. The van der Waals surface area contributed by atoms with Gasteiger partial charge in [-0.2, -0.15) is 5.10 Å². The smallest absolute Gasteiger partial charge is 0.196 e. The summed E-state index contributed by atoms with van der Waals surface area (Å²) in [5.41, 5.74) is 0.705. The highest BCUT2D eigenvalue weighted by atomic mass is 35.5. The molecule has 0 saturated heterocycles. The molecular formula is C12H10ClFN2O. The zero-order valence-corrected chi connectivity index (χ0v) is 9.91.